The fourth-order valence-corrected chi connectivity index (χ4v) is 2.51. The van der Waals surface area contributed by atoms with E-state index in [9.17, 15) is 9.59 Å². The van der Waals surface area contributed by atoms with Crippen molar-refractivity contribution in [2.24, 2.45) is 0 Å². The van der Waals surface area contributed by atoms with Crippen LogP contribution >= 0.6 is 0 Å². The molecule has 0 fully saturated rings. The molecule has 0 aliphatic carbocycles. The van der Waals surface area contributed by atoms with Crippen LogP contribution in [0, 0.1) is 0 Å². The van der Waals surface area contributed by atoms with Gasteiger partial charge in [0.2, 0.25) is 6.04 Å². The molecule has 0 radical (unpaired) electrons. The SMILES string of the molecule is C[C@@H](C(=O)Nc1ccccc1)[n+]1ccc(C(=O)c2ccccc2)cc1. The monoisotopic (exact) mass is 331 g/mol. The Kier molecular flexibility index (Phi) is 5.00. The van der Waals surface area contributed by atoms with Crippen molar-refractivity contribution in [1.82, 2.24) is 0 Å². The van der Waals surface area contributed by atoms with Gasteiger partial charge in [-0.25, -0.2) is 0 Å². The van der Waals surface area contributed by atoms with Gasteiger partial charge in [-0.3, -0.25) is 9.59 Å². The van der Waals surface area contributed by atoms with E-state index in [0.29, 0.717) is 11.1 Å². The summed E-state index contributed by atoms with van der Waals surface area (Å²) in [5, 5.41) is 2.88. The van der Waals surface area contributed by atoms with Crippen LogP contribution in [0.3, 0.4) is 0 Å². The van der Waals surface area contributed by atoms with Crippen LogP contribution in [0.2, 0.25) is 0 Å². The fraction of sp³-hybridized carbons (Fsp3) is 0.0952. The van der Waals surface area contributed by atoms with E-state index in [1.54, 1.807) is 41.2 Å². The third-order valence-corrected chi connectivity index (χ3v) is 4.02. The molecule has 1 amide bonds. The summed E-state index contributed by atoms with van der Waals surface area (Å²) >= 11 is 0. The average Bonchev–Trinajstić information content (AvgIpc) is 2.68. The van der Waals surface area contributed by atoms with Crippen LogP contribution in [0.15, 0.2) is 85.2 Å². The Bertz CT molecular complexity index is 859. The first-order valence-electron chi connectivity index (χ1n) is 8.11. The lowest BCUT2D eigenvalue weighted by molar-refractivity contribution is -0.705. The van der Waals surface area contributed by atoms with Crippen molar-refractivity contribution in [3.05, 3.63) is 96.3 Å². The molecule has 0 aliphatic heterocycles. The van der Waals surface area contributed by atoms with Gasteiger partial charge < -0.3 is 5.32 Å². The average molecular weight is 331 g/mol. The summed E-state index contributed by atoms with van der Waals surface area (Å²) in [6, 6.07) is 21.6. The van der Waals surface area contributed by atoms with E-state index < -0.39 is 0 Å². The Balaban J connectivity index is 1.71. The zero-order valence-electron chi connectivity index (χ0n) is 13.9. The van der Waals surface area contributed by atoms with Crippen LogP contribution in [-0.4, -0.2) is 11.7 Å². The highest BCUT2D eigenvalue weighted by molar-refractivity contribution is 6.08. The number of ketones is 1. The second-order valence-corrected chi connectivity index (χ2v) is 5.76. The van der Waals surface area contributed by atoms with E-state index in [2.05, 4.69) is 5.32 Å². The summed E-state index contributed by atoms with van der Waals surface area (Å²) in [6.07, 6.45) is 3.51. The minimum absolute atomic E-state index is 0.0332. The molecule has 1 N–H and O–H groups in total. The third kappa shape index (κ3) is 3.98. The predicted octanol–water partition coefficient (Wildman–Crippen LogP) is 3.40. The standard InChI is InChI=1S/C21H18N2O2/c1-16(21(25)22-19-10-6-3-7-11-19)23-14-12-18(13-15-23)20(24)17-8-4-2-5-9-17/h2-16H,1H3/p+1/t16-/m0/s1. The summed E-state index contributed by atoms with van der Waals surface area (Å²) in [4.78, 5) is 24.8. The Morgan fingerprint density at radius 2 is 1.32 bits per heavy atom. The van der Waals surface area contributed by atoms with Crippen LogP contribution in [0.1, 0.15) is 28.9 Å². The van der Waals surface area contributed by atoms with E-state index in [-0.39, 0.29) is 17.7 Å². The third-order valence-electron chi connectivity index (χ3n) is 4.02. The zero-order chi connectivity index (χ0) is 17.6. The van der Waals surface area contributed by atoms with Gasteiger partial charge in [0.05, 0.1) is 0 Å². The zero-order valence-corrected chi connectivity index (χ0v) is 13.9. The summed E-state index contributed by atoms with van der Waals surface area (Å²) in [5.74, 6) is -0.146. The van der Waals surface area contributed by atoms with E-state index in [1.807, 2.05) is 55.5 Å². The molecule has 0 spiro atoms. The molecule has 1 heterocycles. The summed E-state index contributed by atoms with van der Waals surface area (Å²) < 4.78 is 1.78. The number of nitrogens with zero attached hydrogens (tertiary/aromatic N) is 1. The molecule has 25 heavy (non-hydrogen) atoms. The quantitative estimate of drug-likeness (QED) is 0.575. The fourth-order valence-electron chi connectivity index (χ4n) is 2.51. The number of hydrogen-bond acceptors (Lipinski definition) is 2. The largest absolute Gasteiger partial charge is 0.320 e. The Morgan fingerprint density at radius 3 is 1.92 bits per heavy atom. The van der Waals surface area contributed by atoms with Gasteiger partial charge in [0.15, 0.2) is 18.2 Å². The number of aromatic nitrogens is 1. The maximum Gasteiger partial charge on any atom is 0.293 e. The van der Waals surface area contributed by atoms with Crippen molar-refractivity contribution < 1.29 is 14.2 Å². The maximum atomic E-state index is 12.4. The van der Waals surface area contributed by atoms with E-state index in [0.717, 1.165) is 5.69 Å². The molecule has 4 nitrogen and oxygen atoms in total. The number of nitrogens with one attached hydrogen (secondary N) is 1. The molecule has 0 bridgehead atoms. The number of carbonyl (C=O) groups is 2. The number of amides is 1. The summed E-state index contributed by atoms with van der Waals surface area (Å²) in [5.41, 5.74) is 2.00. The van der Waals surface area contributed by atoms with Gasteiger partial charge in [-0.05, 0) is 12.1 Å². The molecule has 124 valence electrons. The number of carbonyl (C=O) groups excluding carboxylic acids is 2. The molecule has 3 aromatic rings. The molecule has 2 aromatic carbocycles. The summed E-state index contributed by atoms with van der Waals surface area (Å²) in [7, 11) is 0. The van der Waals surface area contributed by atoms with Crippen molar-refractivity contribution in [3.8, 4) is 0 Å². The number of pyridine rings is 1. The first-order chi connectivity index (χ1) is 12.1. The molecule has 1 atom stereocenters. The first-order valence-corrected chi connectivity index (χ1v) is 8.11. The number of anilines is 1. The second kappa shape index (κ2) is 7.53. The van der Waals surface area contributed by atoms with Crippen molar-refractivity contribution in [1.29, 1.82) is 0 Å². The van der Waals surface area contributed by atoms with Gasteiger partial charge in [0.1, 0.15) is 0 Å². The van der Waals surface area contributed by atoms with Crippen LogP contribution in [-0.2, 0) is 4.79 Å². The first kappa shape index (κ1) is 16.6. The van der Waals surface area contributed by atoms with Gasteiger partial charge >= 0.3 is 0 Å². The lowest BCUT2D eigenvalue weighted by atomic mass is 10.0. The van der Waals surface area contributed by atoms with Gasteiger partial charge in [0.25, 0.3) is 5.91 Å². The van der Waals surface area contributed by atoms with E-state index in [4.69, 9.17) is 0 Å². The molecule has 0 unspecified atom stereocenters. The highest BCUT2D eigenvalue weighted by atomic mass is 16.2. The van der Waals surface area contributed by atoms with Crippen LogP contribution in [0.5, 0.6) is 0 Å². The number of para-hydroxylation sites is 1. The molecule has 0 aliphatic rings. The van der Waals surface area contributed by atoms with Crippen LogP contribution in [0.4, 0.5) is 5.69 Å². The topological polar surface area (TPSA) is 50.1 Å². The molecular weight excluding hydrogens is 312 g/mol. The smallest absolute Gasteiger partial charge is 0.293 e. The molecule has 0 saturated carbocycles. The van der Waals surface area contributed by atoms with Crippen LogP contribution < -0.4 is 9.88 Å². The minimum atomic E-state index is -0.388. The molecule has 4 heteroatoms. The molecule has 0 saturated heterocycles. The Hall–Kier alpha value is -3.27. The van der Waals surface area contributed by atoms with Crippen molar-refractivity contribution in [3.63, 3.8) is 0 Å². The molecule has 3 rings (SSSR count). The number of rotatable bonds is 5. The van der Waals surface area contributed by atoms with Gasteiger partial charge in [0, 0.05) is 35.9 Å². The van der Waals surface area contributed by atoms with Crippen molar-refractivity contribution in [2.45, 2.75) is 13.0 Å². The number of benzene rings is 2. The Morgan fingerprint density at radius 1 is 0.800 bits per heavy atom. The van der Waals surface area contributed by atoms with Crippen molar-refractivity contribution >= 4 is 17.4 Å². The van der Waals surface area contributed by atoms with Gasteiger partial charge in [-0.1, -0.05) is 48.5 Å². The highest BCUT2D eigenvalue weighted by Gasteiger charge is 2.22. The summed E-state index contributed by atoms with van der Waals surface area (Å²) in [6.45, 7) is 1.82. The lowest BCUT2D eigenvalue weighted by Gasteiger charge is -2.09. The maximum absolute atomic E-state index is 12.4. The van der Waals surface area contributed by atoms with Crippen molar-refractivity contribution in [2.75, 3.05) is 5.32 Å². The molecule has 1 aromatic heterocycles. The van der Waals surface area contributed by atoms with E-state index in [1.165, 1.54) is 0 Å². The van der Waals surface area contributed by atoms with E-state index >= 15 is 0 Å². The number of hydrogen-bond donors (Lipinski definition) is 1. The highest BCUT2D eigenvalue weighted by Crippen LogP contribution is 2.10. The second-order valence-electron chi connectivity index (χ2n) is 5.76. The lowest BCUT2D eigenvalue weighted by Crippen LogP contribution is -2.44. The van der Waals surface area contributed by atoms with Gasteiger partial charge in [-0.2, -0.15) is 4.57 Å². The Labute approximate surface area is 146 Å². The minimum Gasteiger partial charge on any atom is -0.320 e. The molecular formula is C21H19N2O2+. The normalized spacial score (nSPS) is 11.6. The predicted molar refractivity (Wildman–Crippen MR) is 96.3 cm³/mol. The van der Waals surface area contributed by atoms with Crippen LogP contribution in [0.25, 0.3) is 0 Å². The van der Waals surface area contributed by atoms with Gasteiger partial charge in [-0.15, -0.1) is 0 Å².